The highest BCUT2D eigenvalue weighted by molar-refractivity contribution is 7.93. The number of aromatic amines is 1. The van der Waals surface area contributed by atoms with Gasteiger partial charge >= 0.3 is 0 Å². The van der Waals surface area contributed by atoms with Gasteiger partial charge in [0, 0.05) is 28.0 Å². The number of carbonyl (C=O) groups excluding carboxylic acids is 1. The number of aryl methyl sites for hydroxylation is 3. The molecule has 0 aliphatic rings. The molecule has 4 aromatic rings. The van der Waals surface area contributed by atoms with Crippen LogP contribution in [0.2, 0.25) is 5.02 Å². The second-order valence-corrected chi connectivity index (χ2v) is 11.2. The molecule has 9 nitrogen and oxygen atoms in total. The Morgan fingerprint density at radius 1 is 1.05 bits per heavy atom. The molecule has 0 radical (unpaired) electrons. The number of hydrogen-bond acceptors (Lipinski definition) is 6. The van der Waals surface area contributed by atoms with Crippen LogP contribution in [-0.4, -0.2) is 37.9 Å². The number of methoxy groups -OCH3 is 1. The Labute approximate surface area is 231 Å². The number of carbonyl (C=O) groups is 1. The number of sulfonamides is 1. The molecule has 11 heteroatoms. The predicted octanol–water partition coefficient (Wildman–Crippen LogP) is 4.86. The van der Waals surface area contributed by atoms with E-state index >= 15 is 0 Å². The van der Waals surface area contributed by atoms with Crippen LogP contribution in [0.5, 0.6) is 5.75 Å². The van der Waals surface area contributed by atoms with Gasteiger partial charge in [-0.1, -0.05) is 35.9 Å². The second-order valence-electron chi connectivity index (χ2n) is 8.96. The first kappa shape index (κ1) is 27.9. The summed E-state index contributed by atoms with van der Waals surface area (Å²) in [5.74, 6) is -0.0950. The smallest absolute Gasteiger partial charge is 0.268 e. The van der Waals surface area contributed by atoms with Crippen LogP contribution in [0.25, 0.3) is 11.4 Å². The van der Waals surface area contributed by atoms with Crippen molar-refractivity contribution in [2.45, 2.75) is 25.7 Å². The van der Waals surface area contributed by atoms with Crippen molar-refractivity contribution in [3.8, 4) is 17.1 Å². The van der Waals surface area contributed by atoms with Crippen LogP contribution < -0.4 is 19.9 Å². The van der Waals surface area contributed by atoms with Gasteiger partial charge in [-0.05, 0) is 68.3 Å². The molecule has 0 aliphatic carbocycles. The fourth-order valence-electron chi connectivity index (χ4n) is 3.95. The fourth-order valence-corrected chi connectivity index (χ4v) is 5.78. The Kier molecular flexibility index (Phi) is 8.08. The van der Waals surface area contributed by atoms with Crippen LogP contribution in [0.3, 0.4) is 0 Å². The van der Waals surface area contributed by atoms with Crippen molar-refractivity contribution < 1.29 is 17.9 Å². The second kappa shape index (κ2) is 11.3. The standard InChI is InChI=1S/C28H27ClN4O5S/c1-17-8-11-24(38-4)25(12-17)39(36,37)33(22-10-9-18(2)23(29)15-22)16-27(35)31-21-7-5-6-20(14-21)28-30-19(3)13-26(34)32-28/h5-15H,16H2,1-4H3,(H,31,35)(H,30,32,34). The monoisotopic (exact) mass is 566 g/mol. The molecule has 3 aromatic carbocycles. The minimum absolute atomic E-state index is 0.0778. The van der Waals surface area contributed by atoms with Gasteiger partial charge < -0.3 is 15.0 Å². The first-order chi connectivity index (χ1) is 18.5. The molecular formula is C28H27ClN4O5S. The van der Waals surface area contributed by atoms with E-state index in [0.29, 0.717) is 33.4 Å². The lowest BCUT2D eigenvalue weighted by molar-refractivity contribution is -0.114. The zero-order chi connectivity index (χ0) is 28.3. The highest BCUT2D eigenvalue weighted by atomic mass is 35.5. The van der Waals surface area contributed by atoms with Crippen molar-refractivity contribution in [1.82, 2.24) is 9.97 Å². The zero-order valence-corrected chi connectivity index (χ0v) is 23.4. The van der Waals surface area contributed by atoms with Crippen molar-refractivity contribution in [3.05, 3.63) is 98.9 Å². The van der Waals surface area contributed by atoms with Gasteiger partial charge in [0.15, 0.2) is 0 Å². The van der Waals surface area contributed by atoms with E-state index in [-0.39, 0.29) is 21.9 Å². The van der Waals surface area contributed by atoms with Gasteiger partial charge in [0.25, 0.3) is 15.6 Å². The van der Waals surface area contributed by atoms with Crippen molar-refractivity contribution >= 4 is 38.9 Å². The molecule has 1 aromatic heterocycles. The number of anilines is 2. The maximum absolute atomic E-state index is 13.9. The summed E-state index contributed by atoms with van der Waals surface area (Å²) in [7, 11) is -2.88. The van der Waals surface area contributed by atoms with Crippen LogP contribution in [-0.2, 0) is 14.8 Å². The lowest BCUT2D eigenvalue weighted by atomic mass is 10.2. The summed E-state index contributed by atoms with van der Waals surface area (Å²) in [6.07, 6.45) is 0. The Morgan fingerprint density at radius 2 is 1.82 bits per heavy atom. The lowest BCUT2D eigenvalue weighted by Crippen LogP contribution is -2.38. The van der Waals surface area contributed by atoms with Crippen LogP contribution in [0.4, 0.5) is 11.4 Å². The van der Waals surface area contributed by atoms with Gasteiger partial charge in [-0.2, -0.15) is 0 Å². The van der Waals surface area contributed by atoms with Gasteiger partial charge in [-0.15, -0.1) is 0 Å². The number of nitrogens with zero attached hydrogens (tertiary/aromatic N) is 2. The fraction of sp³-hybridized carbons (Fsp3) is 0.179. The predicted molar refractivity (Wildman–Crippen MR) is 152 cm³/mol. The summed E-state index contributed by atoms with van der Waals surface area (Å²) >= 11 is 6.32. The zero-order valence-electron chi connectivity index (χ0n) is 21.8. The quantitative estimate of drug-likeness (QED) is 0.314. The Morgan fingerprint density at radius 3 is 2.51 bits per heavy atom. The average Bonchev–Trinajstić information content (AvgIpc) is 2.88. The van der Waals surface area contributed by atoms with E-state index in [1.807, 2.05) is 0 Å². The van der Waals surface area contributed by atoms with Crippen LogP contribution >= 0.6 is 11.6 Å². The van der Waals surface area contributed by atoms with E-state index in [1.165, 1.54) is 25.3 Å². The lowest BCUT2D eigenvalue weighted by Gasteiger charge is -2.25. The van der Waals surface area contributed by atoms with E-state index in [0.717, 1.165) is 9.87 Å². The molecule has 1 heterocycles. The highest BCUT2D eigenvalue weighted by Crippen LogP contribution is 2.32. The number of H-pyrrole nitrogens is 1. The van der Waals surface area contributed by atoms with Gasteiger partial charge in [0.05, 0.1) is 12.8 Å². The van der Waals surface area contributed by atoms with Gasteiger partial charge in [-0.3, -0.25) is 13.9 Å². The number of hydrogen-bond donors (Lipinski definition) is 2. The average molecular weight is 567 g/mol. The van der Waals surface area contributed by atoms with Crippen molar-refractivity contribution in [3.63, 3.8) is 0 Å². The molecule has 39 heavy (non-hydrogen) atoms. The Hall–Kier alpha value is -4.15. The van der Waals surface area contributed by atoms with Crippen molar-refractivity contribution in [2.24, 2.45) is 0 Å². The summed E-state index contributed by atoms with van der Waals surface area (Å²) in [5, 5.41) is 3.10. The summed E-state index contributed by atoms with van der Waals surface area (Å²) in [4.78, 5) is 32.1. The number of nitrogens with one attached hydrogen (secondary N) is 2. The number of aromatic nitrogens is 2. The number of rotatable bonds is 8. The topological polar surface area (TPSA) is 121 Å². The minimum atomic E-state index is -4.26. The van der Waals surface area contributed by atoms with Crippen molar-refractivity contribution in [1.29, 1.82) is 0 Å². The van der Waals surface area contributed by atoms with E-state index in [2.05, 4.69) is 15.3 Å². The molecule has 0 saturated heterocycles. The van der Waals surface area contributed by atoms with Crippen LogP contribution in [0.15, 0.2) is 76.4 Å². The molecule has 0 fully saturated rings. The molecule has 4 rings (SSSR count). The van der Waals surface area contributed by atoms with E-state index < -0.39 is 22.5 Å². The molecule has 0 atom stereocenters. The first-order valence-corrected chi connectivity index (χ1v) is 13.7. The molecule has 1 amide bonds. The van der Waals surface area contributed by atoms with Crippen molar-refractivity contribution in [2.75, 3.05) is 23.3 Å². The summed E-state index contributed by atoms with van der Waals surface area (Å²) in [6, 6.07) is 17.7. The van der Waals surface area contributed by atoms with Gasteiger partial charge in [0.1, 0.15) is 23.0 Å². The van der Waals surface area contributed by atoms with Gasteiger partial charge in [-0.25, -0.2) is 13.4 Å². The molecule has 0 unspecified atom stereocenters. The third kappa shape index (κ3) is 6.30. The Bertz CT molecular complexity index is 1720. The molecule has 2 N–H and O–H groups in total. The highest BCUT2D eigenvalue weighted by Gasteiger charge is 2.30. The third-order valence-corrected chi connectivity index (χ3v) is 8.11. The summed E-state index contributed by atoms with van der Waals surface area (Å²) in [5.41, 5.74) is 2.92. The Balaban J connectivity index is 1.69. The van der Waals surface area contributed by atoms with Crippen LogP contribution in [0, 0.1) is 20.8 Å². The van der Waals surface area contributed by atoms with Crippen LogP contribution in [0.1, 0.15) is 16.8 Å². The molecule has 0 bridgehead atoms. The van der Waals surface area contributed by atoms with Gasteiger partial charge in [0.2, 0.25) is 5.91 Å². The third-order valence-electron chi connectivity index (χ3n) is 5.91. The van der Waals surface area contributed by atoms with E-state index in [4.69, 9.17) is 16.3 Å². The molecule has 0 saturated carbocycles. The largest absolute Gasteiger partial charge is 0.495 e. The molecule has 202 valence electrons. The maximum atomic E-state index is 13.9. The molecule has 0 spiro atoms. The molecular weight excluding hydrogens is 540 g/mol. The maximum Gasteiger partial charge on any atom is 0.268 e. The summed E-state index contributed by atoms with van der Waals surface area (Å²) in [6.45, 7) is 4.73. The number of ether oxygens (including phenoxy) is 1. The normalized spacial score (nSPS) is 11.2. The number of benzene rings is 3. The van der Waals surface area contributed by atoms with E-state index in [1.54, 1.807) is 69.3 Å². The SMILES string of the molecule is COc1ccc(C)cc1S(=O)(=O)N(CC(=O)Nc1cccc(-c2nc(C)cc(=O)[nH]2)c1)c1ccc(C)c(Cl)c1. The molecule has 0 aliphatic heterocycles. The minimum Gasteiger partial charge on any atom is -0.495 e. The first-order valence-electron chi connectivity index (χ1n) is 11.9. The number of halogens is 1. The number of amides is 1. The van der Waals surface area contributed by atoms with E-state index in [9.17, 15) is 18.0 Å². The summed E-state index contributed by atoms with van der Waals surface area (Å²) < 4.78 is 34.2.